The van der Waals surface area contributed by atoms with Crippen LogP contribution in [0.2, 0.25) is 0 Å². The van der Waals surface area contributed by atoms with Crippen LogP contribution in [0.3, 0.4) is 0 Å². The molecule has 3 aromatic carbocycles. The van der Waals surface area contributed by atoms with Gasteiger partial charge in [-0.1, -0.05) is 133 Å². The van der Waals surface area contributed by atoms with Crippen molar-refractivity contribution >= 4 is 37.3 Å². The second-order valence-corrected chi connectivity index (χ2v) is 17.2. The van der Waals surface area contributed by atoms with Crippen LogP contribution in [0, 0.1) is 5.92 Å². The second kappa shape index (κ2) is 16.8. The number of aliphatic imine (C=N–C) groups is 2. The molecule has 0 bridgehead atoms. The van der Waals surface area contributed by atoms with E-state index >= 15 is 0 Å². The molecule has 1 aliphatic rings. The molecule has 0 spiro atoms. The van der Waals surface area contributed by atoms with Gasteiger partial charge in [0, 0.05) is 22.7 Å². The van der Waals surface area contributed by atoms with Crippen LogP contribution in [0.5, 0.6) is 0 Å². The van der Waals surface area contributed by atoms with E-state index in [4.69, 9.17) is 35.2 Å². The van der Waals surface area contributed by atoms with Crippen LogP contribution in [0.25, 0.3) is 22.3 Å². The summed E-state index contributed by atoms with van der Waals surface area (Å²) < 4.78 is 0. The van der Waals surface area contributed by atoms with Gasteiger partial charge < -0.3 is 0 Å². The molecule has 3 nitrogen and oxygen atoms in total. The number of halogens is 2. The summed E-state index contributed by atoms with van der Waals surface area (Å²) in [4.78, 5) is 15.5. The second-order valence-electron chi connectivity index (χ2n) is 15.4. The van der Waals surface area contributed by atoms with Crippen LogP contribution in [0.15, 0.2) is 118 Å². The summed E-state index contributed by atoms with van der Waals surface area (Å²) in [6.45, 7) is 24.3. The Bertz CT molecular complexity index is 1840. The number of rotatable bonds is 6. The standard InChI is InChI=1S/C44H51N3.2ClH.Fe/c1-28-26-29(2)41(30(3)27-28)45-31(4)39-16-13-17-40(47-39)32(5)46-42-37(33-18-22-35(23-19-33)43(6,7)8)14-12-15-38(42)34-20-24-36(25-21-34)44(9,10)11;;;/h12-26,30H,27H2,1-11H3;2*1H;/q;;;+2/p-2. The van der Waals surface area contributed by atoms with Crippen LogP contribution < -0.4 is 0 Å². The van der Waals surface area contributed by atoms with Crippen molar-refractivity contribution < 1.29 is 13.1 Å². The number of nitrogens with zero attached hydrogens (tertiary/aromatic N) is 3. The molecule has 0 saturated heterocycles. The van der Waals surface area contributed by atoms with Gasteiger partial charge in [-0.2, -0.15) is 0 Å². The van der Waals surface area contributed by atoms with Crippen LogP contribution >= 0.6 is 20.2 Å². The summed E-state index contributed by atoms with van der Waals surface area (Å²) in [6.07, 6.45) is 3.30. The third-order valence-electron chi connectivity index (χ3n) is 9.18. The first-order chi connectivity index (χ1) is 23.5. The van der Waals surface area contributed by atoms with E-state index in [0.29, 0.717) is 5.92 Å². The molecule has 1 aliphatic carbocycles. The van der Waals surface area contributed by atoms with Crippen LogP contribution in [0.1, 0.15) is 105 Å². The fraction of sp³-hybridized carbons (Fsp3) is 0.341. The summed E-state index contributed by atoms with van der Waals surface area (Å²) in [5, 5.41) is 0. The summed E-state index contributed by atoms with van der Waals surface area (Å²) in [7, 11) is 9.53. The van der Waals surface area contributed by atoms with E-state index in [-0.39, 0.29) is 24.0 Å². The van der Waals surface area contributed by atoms with Crippen molar-refractivity contribution in [2.24, 2.45) is 15.9 Å². The number of para-hydroxylation sites is 1. The Kier molecular flexibility index (Phi) is 13.3. The van der Waals surface area contributed by atoms with Gasteiger partial charge in [-0.15, -0.1) is 0 Å². The molecule has 0 aliphatic heterocycles. The normalized spacial score (nSPS) is 15.9. The topological polar surface area (TPSA) is 37.6 Å². The molecular weight excluding hydrogens is 697 g/mol. The molecular formula is C44H51Cl2FeN3. The van der Waals surface area contributed by atoms with E-state index in [2.05, 4.69) is 155 Å². The summed E-state index contributed by atoms with van der Waals surface area (Å²) in [5.41, 5.74) is 15.6. The van der Waals surface area contributed by atoms with E-state index in [1.807, 2.05) is 12.1 Å². The molecule has 0 N–H and O–H groups in total. The number of hydrogen-bond donors (Lipinski definition) is 0. The van der Waals surface area contributed by atoms with Crippen LogP contribution in [-0.4, -0.2) is 16.4 Å². The number of hydrogen-bond acceptors (Lipinski definition) is 3. The molecule has 1 aromatic heterocycles. The Morgan fingerprint density at radius 3 is 1.52 bits per heavy atom. The SMILES string of the molecule is CC1=CC(C)=C(N=C(C)c2cccc(C(C)=Nc3c(-c4ccc(C(C)(C)C)cc4)cccc3-c3ccc(C(C)(C)C)cc3)n2)C(C)C1.[Cl][Fe][Cl]. The monoisotopic (exact) mass is 747 g/mol. The molecule has 1 atom stereocenters. The fourth-order valence-corrected chi connectivity index (χ4v) is 6.40. The van der Waals surface area contributed by atoms with Gasteiger partial charge in [-0.3, -0.25) is 9.98 Å². The number of aromatic nitrogens is 1. The maximum absolute atomic E-state index is 5.37. The zero-order valence-corrected chi connectivity index (χ0v) is 34.0. The third-order valence-corrected chi connectivity index (χ3v) is 9.18. The average Bonchev–Trinajstić information content (AvgIpc) is 3.06. The quantitative estimate of drug-likeness (QED) is 0.143. The van der Waals surface area contributed by atoms with Gasteiger partial charge in [0.15, 0.2) is 0 Å². The minimum absolute atomic E-state index is 0.0881. The predicted molar refractivity (Wildman–Crippen MR) is 215 cm³/mol. The minimum atomic E-state index is 0.0881. The molecule has 1 heterocycles. The zero-order valence-electron chi connectivity index (χ0n) is 31.4. The average molecular weight is 749 g/mol. The molecule has 264 valence electrons. The molecule has 6 heteroatoms. The van der Waals surface area contributed by atoms with Gasteiger partial charge >= 0.3 is 33.3 Å². The van der Waals surface area contributed by atoms with Gasteiger partial charge in [-0.05, 0) is 84.9 Å². The number of allylic oxidation sites excluding steroid dienone is 4. The van der Waals surface area contributed by atoms with E-state index in [0.717, 1.165) is 62.9 Å². The molecule has 4 aromatic rings. The van der Waals surface area contributed by atoms with Crippen LogP contribution in [-0.2, 0) is 24.0 Å². The Balaban J connectivity index is 0.00000181. The van der Waals surface area contributed by atoms with E-state index < -0.39 is 0 Å². The predicted octanol–water partition coefficient (Wildman–Crippen LogP) is 13.6. The first-order valence-electron chi connectivity index (χ1n) is 17.2. The molecule has 0 amide bonds. The Hall–Kier alpha value is -3.27. The van der Waals surface area contributed by atoms with Crippen molar-refractivity contribution in [1.29, 1.82) is 0 Å². The number of benzene rings is 3. The van der Waals surface area contributed by atoms with Crippen molar-refractivity contribution in [3.05, 3.63) is 130 Å². The van der Waals surface area contributed by atoms with Crippen molar-refractivity contribution in [1.82, 2.24) is 4.98 Å². The Morgan fingerprint density at radius 2 is 1.10 bits per heavy atom. The summed E-state index contributed by atoms with van der Waals surface area (Å²) in [5.74, 6) is 0.395. The molecule has 5 rings (SSSR count). The van der Waals surface area contributed by atoms with E-state index in [1.165, 1.54) is 22.3 Å². The molecule has 1 unspecified atom stereocenters. The number of pyridine rings is 1. The fourth-order valence-electron chi connectivity index (χ4n) is 6.40. The van der Waals surface area contributed by atoms with Crippen molar-refractivity contribution in [3.8, 4) is 22.3 Å². The van der Waals surface area contributed by atoms with E-state index in [1.54, 1.807) is 0 Å². The van der Waals surface area contributed by atoms with Crippen molar-refractivity contribution in [3.63, 3.8) is 0 Å². The van der Waals surface area contributed by atoms with E-state index in [9.17, 15) is 0 Å². The Morgan fingerprint density at radius 1 is 0.680 bits per heavy atom. The molecule has 50 heavy (non-hydrogen) atoms. The van der Waals surface area contributed by atoms with Crippen molar-refractivity contribution in [2.45, 2.75) is 93.4 Å². The van der Waals surface area contributed by atoms with Gasteiger partial charge in [0.05, 0.1) is 28.5 Å². The summed E-state index contributed by atoms with van der Waals surface area (Å²) in [6, 6.07) is 30.6. The van der Waals surface area contributed by atoms with Gasteiger partial charge in [0.2, 0.25) is 0 Å². The summed E-state index contributed by atoms with van der Waals surface area (Å²) >= 11 is 0.194. The molecule has 0 fully saturated rings. The van der Waals surface area contributed by atoms with Crippen LogP contribution in [0.4, 0.5) is 5.69 Å². The molecule has 0 saturated carbocycles. The zero-order chi connectivity index (χ0) is 36.8. The first-order valence-corrected chi connectivity index (χ1v) is 20.2. The molecule has 0 radical (unpaired) electrons. The first kappa shape index (κ1) is 39.5. The van der Waals surface area contributed by atoms with Gasteiger partial charge in [0.1, 0.15) is 0 Å². The van der Waals surface area contributed by atoms with Crippen molar-refractivity contribution in [2.75, 3.05) is 0 Å². The maximum atomic E-state index is 5.37. The van der Waals surface area contributed by atoms with Gasteiger partial charge in [-0.25, -0.2) is 4.98 Å². The Labute approximate surface area is 315 Å². The third kappa shape index (κ3) is 9.95. The van der Waals surface area contributed by atoms with Gasteiger partial charge in [0.25, 0.3) is 0 Å².